The summed E-state index contributed by atoms with van der Waals surface area (Å²) in [6.07, 6.45) is 2.11. The van der Waals surface area contributed by atoms with Gasteiger partial charge in [-0.1, -0.05) is 19.1 Å². The van der Waals surface area contributed by atoms with Gasteiger partial charge in [0.05, 0.1) is 0 Å². The zero-order chi connectivity index (χ0) is 20.1. The Morgan fingerprint density at radius 1 is 1.07 bits per heavy atom. The van der Waals surface area contributed by atoms with E-state index < -0.39 is 0 Å². The smallest absolute Gasteiger partial charge is 0.262 e. The normalized spacial score (nSPS) is 14.6. The van der Waals surface area contributed by atoms with E-state index >= 15 is 0 Å². The van der Waals surface area contributed by atoms with Crippen molar-refractivity contribution in [2.75, 3.05) is 25.0 Å². The fourth-order valence-electron chi connectivity index (χ4n) is 3.29. The first-order valence-corrected chi connectivity index (χ1v) is 9.81. The van der Waals surface area contributed by atoms with Crippen molar-refractivity contribution in [3.8, 4) is 5.75 Å². The number of anilines is 1. The molecule has 3 rings (SSSR count). The van der Waals surface area contributed by atoms with E-state index in [2.05, 4.69) is 12.2 Å². The summed E-state index contributed by atoms with van der Waals surface area (Å²) >= 11 is 0. The number of piperidine rings is 1. The molecule has 1 fully saturated rings. The van der Waals surface area contributed by atoms with Gasteiger partial charge in [0.1, 0.15) is 5.75 Å². The summed E-state index contributed by atoms with van der Waals surface area (Å²) in [5, 5.41) is 2.81. The first kappa shape index (κ1) is 19.9. The van der Waals surface area contributed by atoms with Crippen molar-refractivity contribution in [3.05, 3.63) is 59.2 Å². The molecular formula is C23H28N2O3. The highest BCUT2D eigenvalue weighted by Crippen LogP contribution is 2.20. The number of nitrogens with zero attached hydrogens (tertiary/aromatic N) is 1. The van der Waals surface area contributed by atoms with Gasteiger partial charge in [0.15, 0.2) is 6.61 Å². The van der Waals surface area contributed by atoms with Crippen LogP contribution in [-0.2, 0) is 4.79 Å². The van der Waals surface area contributed by atoms with Crippen LogP contribution in [0.25, 0.3) is 0 Å². The molecule has 0 spiro atoms. The highest BCUT2D eigenvalue weighted by atomic mass is 16.5. The van der Waals surface area contributed by atoms with Crippen LogP contribution in [-0.4, -0.2) is 36.4 Å². The van der Waals surface area contributed by atoms with Crippen LogP contribution in [0.5, 0.6) is 5.75 Å². The van der Waals surface area contributed by atoms with E-state index in [0.717, 1.165) is 37.1 Å². The second kappa shape index (κ2) is 8.91. The van der Waals surface area contributed by atoms with Gasteiger partial charge < -0.3 is 15.0 Å². The molecule has 1 saturated heterocycles. The third-order valence-electron chi connectivity index (χ3n) is 5.19. The number of likely N-dealkylation sites (tertiary alicyclic amines) is 1. The lowest BCUT2D eigenvalue weighted by Crippen LogP contribution is -2.37. The number of aryl methyl sites for hydroxylation is 2. The highest BCUT2D eigenvalue weighted by molar-refractivity contribution is 5.96. The molecule has 1 aliphatic rings. The molecular weight excluding hydrogens is 352 g/mol. The Hall–Kier alpha value is -2.82. The maximum Gasteiger partial charge on any atom is 0.262 e. The molecule has 1 heterocycles. The maximum atomic E-state index is 12.6. The second-order valence-corrected chi connectivity index (χ2v) is 7.66. The first-order valence-electron chi connectivity index (χ1n) is 9.81. The SMILES string of the molecule is Cc1ccc(C)c(OCC(=O)Nc2ccc(C(=O)N3CCC(C)CC3)cc2)c1. The molecule has 5 heteroatoms. The van der Waals surface area contributed by atoms with E-state index in [1.165, 1.54) is 0 Å². The summed E-state index contributed by atoms with van der Waals surface area (Å²) in [4.78, 5) is 26.7. The van der Waals surface area contributed by atoms with E-state index in [1.807, 2.05) is 36.9 Å². The van der Waals surface area contributed by atoms with Crippen molar-refractivity contribution in [2.45, 2.75) is 33.6 Å². The lowest BCUT2D eigenvalue weighted by molar-refractivity contribution is -0.118. The van der Waals surface area contributed by atoms with Crippen LogP contribution in [0.4, 0.5) is 5.69 Å². The van der Waals surface area contributed by atoms with Crippen molar-refractivity contribution in [1.29, 1.82) is 0 Å². The molecule has 2 amide bonds. The molecule has 0 unspecified atom stereocenters. The van der Waals surface area contributed by atoms with Crippen LogP contribution in [0.15, 0.2) is 42.5 Å². The highest BCUT2D eigenvalue weighted by Gasteiger charge is 2.21. The Morgan fingerprint density at radius 3 is 2.43 bits per heavy atom. The first-order chi connectivity index (χ1) is 13.4. The average Bonchev–Trinajstić information content (AvgIpc) is 2.69. The number of ether oxygens (including phenoxy) is 1. The average molecular weight is 380 g/mol. The minimum atomic E-state index is -0.231. The van der Waals surface area contributed by atoms with Gasteiger partial charge in [-0.15, -0.1) is 0 Å². The van der Waals surface area contributed by atoms with E-state index in [-0.39, 0.29) is 18.4 Å². The standard InChI is InChI=1S/C23H28N2O3/c1-16-10-12-25(13-11-16)23(27)19-6-8-20(9-7-19)24-22(26)15-28-21-14-17(2)4-5-18(21)3/h4-9,14,16H,10-13,15H2,1-3H3,(H,24,26). The number of rotatable bonds is 5. The van der Waals surface area contributed by atoms with Crippen LogP contribution in [0.3, 0.4) is 0 Å². The van der Waals surface area contributed by atoms with Gasteiger partial charge >= 0.3 is 0 Å². The quantitative estimate of drug-likeness (QED) is 0.846. The van der Waals surface area contributed by atoms with Crippen molar-refractivity contribution >= 4 is 17.5 Å². The number of carbonyl (C=O) groups is 2. The fourth-order valence-corrected chi connectivity index (χ4v) is 3.29. The number of nitrogens with one attached hydrogen (secondary N) is 1. The Labute approximate surface area is 166 Å². The molecule has 0 saturated carbocycles. The van der Waals surface area contributed by atoms with Gasteiger partial charge in [-0.3, -0.25) is 9.59 Å². The Balaban J connectivity index is 1.53. The van der Waals surface area contributed by atoms with Gasteiger partial charge in [-0.25, -0.2) is 0 Å². The van der Waals surface area contributed by atoms with Crippen molar-refractivity contribution < 1.29 is 14.3 Å². The Kier molecular flexibility index (Phi) is 6.34. The molecule has 28 heavy (non-hydrogen) atoms. The largest absolute Gasteiger partial charge is 0.483 e. The molecule has 0 aliphatic carbocycles. The summed E-state index contributed by atoms with van der Waals surface area (Å²) in [6, 6.07) is 13.0. The molecule has 0 bridgehead atoms. The van der Waals surface area contributed by atoms with Crippen LogP contribution < -0.4 is 10.1 Å². The van der Waals surface area contributed by atoms with E-state index in [1.54, 1.807) is 24.3 Å². The second-order valence-electron chi connectivity index (χ2n) is 7.66. The van der Waals surface area contributed by atoms with Crippen molar-refractivity contribution in [2.24, 2.45) is 5.92 Å². The summed E-state index contributed by atoms with van der Waals surface area (Å²) < 4.78 is 5.63. The number of hydrogen-bond donors (Lipinski definition) is 1. The predicted octanol–water partition coefficient (Wildman–Crippen LogP) is 4.19. The number of amides is 2. The molecule has 2 aromatic rings. The van der Waals surface area contributed by atoms with Gasteiger partial charge in [0.2, 0.25) is 0 Å². The van der Waals surface area contributed by atoms with E-state index in [0.29, 0.717) is 22.9 Å². The molecule has 0 radical (unpaired) electrons. The molecule has 2 aromatic carbocycles. The maximum absolute atomic E-state index is 12.6. The Morgan fingerprint density at radius 2 is 1.75 bits per heavy atom. The molecule has 0 aromatic heterocycles. The predicted molar refractivity (Wildman–Crippen MR) is 111 cm³/mol. The van der Waals surface area contributed by atoms with Crippen LogP contribution in [0.2, 0.25) is 0 Å². The number of hydrogen-bond acceptors (Lipinski definition) is 3. The minimum absolute atomic E-state index is 0.0584. The summed E-state index contributed by atoms with van der Waals surface area (Å²) in [6.45, 7) is 7.73. The number of carbonyl (C=O) groups excluding carboxylic acids is 2. The minimum Gasteiger partial charge on any atom is -0.483 e. The van der Waals surface area contributed by atoms with Gasteiger partial charge in [0.25, 0.3) is 11.8 Å². The van der Waals surface area contributed by atoms with Crippen molar-refractivity contribution in [1.82, 2.24) is 4.90 Å². The lowest BCUT2D eigenvalue weighted by Gasteiger charge is -2.30. The van der Waals surface area contributed by atoms with Gasteiger partial charge in [-0.2, -0.15) is 0 Å². The van der Waals surface area contributed by atoms with Crippen LogP contribution in [0, 0.1) is 19.8 Å². The number of benzene rings is 2. The van der Waals surface area contributed by atoms with Gasteiger partial charge in [-0.05, 0) is 74.1 Å². The van der Waals surface area contributed by atoms with Crippen molar-refractivity contribution in [3.63, 3.8) is 0 Å². The fraction of sp³-hybridized carbons (Fsp3) is 0.391. The molecule has 1 aliphatic heterocycles. The zero-order valence-corrected chi connectivity index (χ0v) is 16.8. The topological polar surface area (TPSA) is 58.6 Å². The van der Waals surface area contributed by atoms with Crippen LogP contribution in [0.1, 0.15) is 41.3 Å². The molecule has 1 N–H and O–H groups in total. The lowest BCUT2D eigenvalue weighted by atomic mass is 9.98. The third kappa shape index (κ3) is 5.12. The molecule has 148 valence electrons. The third-order valence-corrected chi connectivity index (χ3v) is 5.19. The Bertz CT molecular complexity index is 837. The zero-order valence-electron chi connectivity index (χ0n) is 16.8. The summed E-state index contributed by atoms with van der Waals surface area (Å²) in [5.74, 6) is 1.23. The summed E-state index contributed by atoms with van der Waals surface area (Å²) in [5.41, 5.74) is 3.38. The summed E-state index contributed by atoms with van der Waals surface area (Å²) in [7, 11) is 0. The van der Waals surface area contributed by atoms with Gasteiger partial charge in [0, 0.05) is 24.3 Å². The monoisotopic (exact) mass is 380 g/mol. The van der Waals surface area contributed by atoms with E-state index in [9.17, 15) is 9.59 Å². The van der Waals surface area contributed by atoms with E-state index in [4.69, 9.17) is 4.74 Å². The van der Waals surface area contributed by atoms with Crippen LogP contribution >= 0.6 is 0 Å². The molecule has 5 nitrogen and oxygen atoms in total. The molecule has 0 atom stereocenters.